The molecular weight excluding hydrogens is 146 g/mol. The van der Waals surface area contributed by atoms with Gasteiger partial charge >= 0.3 is 0 Å². The van der Waals surface area contributed by atoms with Crippen molar-refractivity contribution >= 4 is 0 Å². The molecule has 1 aliphatic rings. The minimum Gasteiger partial charge on any atom is -0.298 e. The third-order valence-corrected chi connectivity index (χ3v) is 3.28. The van der Waals surface area contributed by atoms with Crippen LogP contribution in [0.3, 0.4) is 0 Å². The van der Waals surface area contributed by atoms with Gasteiger partial charge in [0, 0.05) is 12.1 Å². The summed E-state index contributed by atoms with van der Waals surface area (Å²) in [5, 5.41) is 0. The second-order valence-corrected chi connectivity index (χ2v) is 4.48. The topological polar surface area (TPSA) is 3.24 Å². The lowest BCUT2D eigenvalue weighted by Crippen LogP contribution is -2.44. The molecule has 0 saturated carbocycles. The monoisotopic (exact) mass is 169 g/mol. The Morgan fingerprint density at radius 2 is 2.08 bits per heavy atom. The van der Waals surface area contributed by atoms with Gasteiger partial charge < -0.3 is 0 Å². The van der Waals surface area contributed by atoms with Crippen LogP contribution in [-0.4, -0.2) is 23.5 Å². The summed E-state index contributed by atoms with van der Waals surface area (Å²) < 4.78 is 0. The fourth-order valence-electron chi connectivity index (χ4n) is 2.43. The Morgan fingerprint density at radius 3 is 2.50 bits per heavy atom. The van der Waals surface area contributed by atoms with E-state index in [4.69, 9.17) is 0 Å². The molecule has 12 heavy (non-hydrogen) atoms. The lowest BCUT2D eigenvalue weighted by atomic mass is 9.89. The number of rotatable bonds is 2. The molecule has 0 spiro atoms. The van der Waals surface area contributed by atoms with Crippen molar-refractivity contribution in [2.24, 2.45) is 5.92 Å². The van der Waals surface area contributed by atoms with Crippen molar-refractivity contribution in [1.29, 1.82) is 0 Å². The molecule has 1 rings (SSSR count). The Balaban J connectivity index is 2.42. The van der Waals surface area contributed by atoms with E-state index >= 15 is 0 Å². The molecule has 1 heterocycles. The van der Waals surface area contributed by atoms with Crippen LogP contribution in [0.4, 0.5) is 0 Å². The summed E-state index contributed by atoms with van der Waals surface area (Å²) >= 11 is 0. The minimum atomic E-state index is 0.734. The van der Waals surface area contributed by atoms with Gasteiger partial charge in [0.15, 0.2) is 0 Å². The van der Waals surface area contributed by atoms with E-state index in [-0.39, 0.29) is 0 Å². The van der Waals surface area contributed by atoms with E-state index < -0.39 is 0 Å². The number of piperidine rings is 1. The molecule has 2 atom stereocenters. The fourth-order valence-corrected chi connectivity index (χ4v) is 2.43. The molecule has 0 amide bonds. The molecule has 0 N–H and O–H groups in total. The summed E-state index contributed by atoms with van der Waals surface area (Å²) in [7, 11) is 0. The van der Waals surface area contributed by atoms with Gasteiger partial charge in [0.05, 0.1) is 0 Å². The van der Waals surface area contributed by atoms with Crippen LogP contribution in [0.25, 0.3) is 0 Å². The molecule has 0 unspecified atom stereocenters. The normalized spacial score (nSPS) is 32.8. The highest BCUT2D eigenvalue weighted by molar-refractivity contribution is 4.80. The molecular formula is C11H23N. The molecule has 1 nitrogen and oxygen atoms in total. The zero-order chi connectivity index (χ0) is 9.14. The predicted molar refractivity (Wildman–Crippen MR) is 54.3 cm³/mol. The second kappa shape index (κ2) is 4.27. The van der Waals surface area contributed by atoms with E-state index in [0.29, 0.717) is 0 Å². The van der Waals surface area contributed by atoms with Crippen LogP contribution in [-0.2, 0) is 0 Å². The SMILES string of the molecule is CC[C@@H]1CCN(C(C)C)[C@@H](C)C1. The smallest absolute Gasteiger partial charge is 0.00722 e. The zero-order valence-corrected chi connectivity index (χ0v) is 9.01. The molecule has 1 fully saturated rings. The van der Waals surface area contributed by atoms with Gasteiger partial charge in [0.1, 0.15) is 0 Å². The zero-order valence-electron chi connectivity index (χ0n) is 9.01. The number of hydrogen-bond acceptors (Lipinski definition) is 1. The van der Waals surface area contributed by atoms with E-state index in [9.17, 15) is 0 Å². The van der Waals surface area contributed by atoms with Crippen molar-refractivity contribution in [3.05, 3.63) is 0 Å². The third-order valence-electron chi connectivity index (χ3n) is 3.28. The molecule has 0 aliphatic carbocycles. The summed E-state index contributed by atoms with van der Waals surface area (Å²) in [4.78, 5) is 2.63. The average Bonchev–Trinajstić information content (AvgIpc) is 2.03. The first-order valence-corrected chi connectivity index (χ1v) is 5.40. The maximum absolute atomic E-state index is 2.63. The first-order valence-electron chi connectivity index (χ1n) is 5.40. The summed E-state index contributed by atoms with van der Waals surface area (Å²) in [6.45, 7) is 10.6. The molecule has 0 aromatic rings. The van der Waals surface area contributed by atoms with Crippen molar-refractivity contribution < 1.29 is 0 Å². The van der Waals surface area contributed by atoms with Gasteiger partial charge in [-0.1, -0.05) is 13.3 Å². The summed E-state index contributed by atoms with van der Waals surface area (Å²) in [6, 6.07) is 1.54. The minimum absolute atomic E-state index is 0.734. The molecule has 72 valence electrons. The highest BCUT2D eigenvalue weighted by Crippen LogP contribution is 2.26. The van der Waals surface area contributed by atoms with E-state index in [0.717, 1.165) is 18.0 Å². The molecule has 0 aromatic heterocycles. The van der Waals surface area contributed by atoms with E-state index in [1.165, 1.54) is 25.8 Å². The van der Waals surface area contributed by atoms with Gasteiger partial charge in [-0.15, -0.1) is 0 Å². The van der Waals surface area contributed by atoms with Crippen molar-refractivity contribution in [1.82, 2.24) is 4.90 Å². The van der Waals surface area contributed by atoms with Crippen LogP contribution in [0.15, 0.2) is 0 Å². The first kappa shape index (κ1) is 10.0. The average molecular weight is 169 g/mol. The van der Waals surface area contributed by atoms with Crippen LogP contribution in [0.2, 0.25) is 0 Å². The Kier molecular flexibility index (Phi) is 3.57. The molecule has 0 bridgehead atoms. The van der Waals surface area contributed by atoms with Crippen molar-refractivity contribution in [3.8, 4) is 0 Å². The first-order chi connectivity index (χ1) is 5.65. The lowest BCUT2D eigenvalue weighted by Gasteiger charge is -2.40. The van der Waals surface area contributed by atoms with Crippen molar-refractivity contribution in [2.45, 2.75) is 59.0 Å². The van der Waals surface area contributed by atoms with E-state index in [1.54, 1.807) is 0 Å². The van der Waals surface area contributed by atoms with Gasteiger partial charge in [-0.05, 0) is 46.1 Å². The lowest BCUT2D eigenvalue weighted by molar-refractivity contribution is 0.0907. The standard InChI is InChI=1S/C11H23N/c1-5-11-6-7-12(9(2)3)10(4)8-11/h9-11H,5-8H2,1-4H3/t10-,11+/m0/s1. The van der Waals surface area contributed by atoms with Gasteiger partial charge in [0.25, 0.3) is 0 Å². The fraction of sp³-hybridized carbons (Fsp3) is 1.00. The maximum atomic E-state index is 2.63. The molecule has 1 heteroatoms. The predicted octanol–water partition coefficient (Wildman–Crippen LogP) is 2.91. The molecule has 0 radical (unpaired) electrons. The van der Waals surface area contributed by atoms with E-state index in [1.807, 2.05) is 0 Å². The van der Waals surface area contributed by atoms with Crippen LogP contribution < -0.4 is 0 Å². The van der Waals surface area contributed by atoms with Crippen molar-refractivity contribution in [3.63, 3.8) is 0 Å². The second-order valence-electron chi connectivity index (χ2n) is 4.48. The third kappa shape index (κ3) is 2.22. The Bertz CT molecular complexity index is 131. The van der Waals surface area contributed by atoms with E-state index in [2.05, 4.69) is 32.6 Å². The number of nitrogens with zero attached hydrogens (tertiary/aromatic N) is 1. The largest absolute Gasteiger partial charge is 0.298 e. The Hall–Kier alpha value is -0.0400. The molecule has 0 aromatic carbocycles. The highest BCUT2D eigenvalue weighted by atomic mass is 15.2. The van der Waals surface area contributed by atoms with Crippen molar-refractivity contribution in [2.75, 3.05) is 6.54 Å². The number of likely N-dealkylation sites (tertiary alicyclic amines) is 1. The highest BCUT2D eigenvalue weighted by Gasteiger charge is 2.25. The summed E-state index contributed by atoms with van der Waals surface area (Å²) in [5.41, 5.74) is 0. The van der Waals surface area contributed by atoms with Gasteiger partial charge in [-0.2, -0.15) is 0 Å². The Labute approximate surface area is 77.1 Å². The van der Waals surface area contributed by atoms with Crippen LogP contribution >= 0.6 is 0 Å². The maximum Gasteiger partial charge on any atom is 0.00722 e. The molecule has 1 aliphatic heterocycles. The van der Waals surface area contributed by atoms with Crippen LogP contribution in [0.5, 0.6) is 0 Å². The quantitative estimate of drug-likeness (QED) is 0.614. The van der Waals surface area contributed by atoms with Crippen LogP contribution in [0.1, 0.15) is 47.0 Å². The number of hydrogen-bond donors (Lipinski definition) is 0. The Morgan fingerprint density at radius 1 is 1.42 bits per heavy atom. The summed E-state index contributed by atoms with van der Waals surface area (Å²) in [6.07, 6.45) is 4.20. The molecule has 1 saturated heterocycles. The van der Waals surface area contributed by atoms with Crippen LogP contribution in [0, 0.1) is 5.92 Å². The van der Waals surface area contributed by atoms with Gasteiger partial charge in [-0.3, -0.25) is 4.90 Å². The van der Waals surface area contributed by atoms with Gasteiger partial charge in [0.2, 0.25) is 0 Å². The summed E-state index contributed by atoms with van der Waals surface area (Å²) in [5.74, 6) is 0.995. The van der Waals surface area contributed by atoms with Gasteiger partial charge in [-0.25, -0.2) is 0 Å².